The average Bonchev–Trinajstić information content (AvgIpc) is 2.60. The van der Waals surface area contributed by atoms with E-state index >= 15 is 0 Å². The molecule has 1 unspecified atom stereocenters. The molecule has 0 fully saturated rings. The Bertz CT molecular complexity index is 684. The highest BCUT2D eigenvalue weighted by Crippen LogP contribution is 2.26. The lowest BCUT2D eigenvalue weighted by Crippen LogP contribution is -2.35. The molecule has 4 nitrogen and oxygen atoms in total. The number of pyridine rings is 1. The highest BCUT2D eigenvalue weighted by atomic mass is 16.5. The summed E-state index contributed by atoms with van der Waals surface area (Å²) in [7, 11) is 1.70. The lowest BCUT2D eigenvalue weighted by Gasteiger charge is -2.28. The monoisotopic (exact) mass is 357 g/mol. The fourth-order valence-electron chi connectivity index (χ4n) is 3.35. The molecule has 2 rings (SSSR count). The van der Waals surface area contributed by atoms with E-state index in [9.17, 15) is 0 Å². The van der Waals surface area contributed by atoms with E-state index < -0.39 is 0 Å². The van der Waals surface area contributed by atoms with Crippen LogP contribution in [0.3, 0.4) is 0 Å². The minimum absolute atomic E-state index is 0.417. The van der Waals surface area contributed by atoms with Crippen LogP contribution in [0.1, 0.15) is 47.5 Å². The van der Waals surface area contributed by atoms with Crippen LogP contribution in [0.5, 0.6) is 5.75 Å². The molecule has 0 aliphatic heterocycles. The molecule has 1 heterocycles. The van der Waals surface area contributed by atoms with Gasteiger partial charge in [-0.05, 0) is 70.3 Å². The quantitative estimate of drug-likeness (QED) is 0.635. The van der Waals surface area contributed by atoms with Crippen molar-refractivity contribution in [1.82, 2.24) is 9.88 Å². The Labute approximate surface area is 159 Å². The number of benzene rings is 1. The number of nitrogens with one attached hydrogen (secondary N) is 1. The summed E-state index contributed by atoms with van der Waals surface area (Å²) in [4.78, 5) is 7.04. The smallest absolute Gasteiger partial charge is 0.119 e. The summed E-state index contributed by atoms with van der Waals surface area (Å²) >= 11 is 0. The van der Waals surface area contributed by atoms with E-state index in [0.29, 0.717) is 18.0 Å². The summed E-state index contributed by atoms with van der Waals surface area (Å²) in [6.07, 6.45) is 4.22. The van der Waals surface area contributed by atoms with Crippen LogP contribution in [0.15, 0.2) is 30.5 Å². The number of aromatic nitrogens is 1. The third-order valence-corrected chi connectivity index (χ3v) is 4.76. The molecule has 0 saturated carbocycles. The SMILES string of the molecule is COc1ccc2nccc(NC(C)CCCN(CC(C)C)C(C)C)c2c1. The zero-order valence-electron chi connectivity index (χ0n) is 17.2. The molecule has 0 amide bonds. The molecular formula is C22H35N3O. The van der Waals surface area contributed by atoms with Gasteiger partial charge in [0, 0.05) is 35.9 Å². The van der Waals surface area contributed by atoms with Crippen molar-refractivity contribution in [2.24, 2.45) is 5.92 Å². The first kappa shape index (κ1) is 20.5. The average molecular weight is 358 g/mol. The molecular weight excluding hydrogens is 322 g/mol. The normalized spacial score (nSPS) is 13.0. The van der Waals surface area contributed by atoms with Gasteiger partial charge in [0.2, 0.25) is 0 Å². The van der Waals surface area contributed by atoms with E-state index in [2.05, 4.69) is 62.0 Å². The Morgan fingerprint density at radius 3 is 2.54 bits per heavy atom. The van der Waals surface area contributed by atoms with Crippen LogP contribution in [0, 0.1) is 5.92 Å². The number of fused-ring (bicyclic) bond motifs is 1. The van der Waals surface area contributed by atoms with Crippen molar-refractivity contribution < 1.29 is 4.74 Å². The summed E-state index contributed by atoms with van der Waals surface area (Å²) in [5.41, 5.74) is 2.12. The molecule has 4 heteroatoms. The van der Waals surface area contributed by atoms with Crippen LogP contribution in [0.25, 0.3) is 10.9 Å². The van der Waals surface area contributed by atoms with Gasteiger partial charge in [0.05, 0.1) is 12.6 Å². The maximum Gasteiger partial charge on any atom is 0.119 e. The Kier molecular flexibility index (Phi) is 7.70. The predicted molar refractivity (Wildman–Crippen MR) is 112 cm³/mol. The summed E-state index contributed by atoms with van der Waals surface area (Å²) in [6, 6.07) is 9.10. The van der Waals surface area contributed by atoms with Crippen molar-refractivity contribution in [2.45, 2.75) is 59.5 Å². The largest absolute Gasteiger partial charge is 0.497 e. The van der Waals surface area contributed by atoms with E-state index in [0.717, 1.165) is 35.3 Å². The van der Waals surface area contributed by atoms with Crippen molar-refractivity contribution >= 4 is 16.6 Å². The minimum atomic E-state index is 0.417. The Morgan fingerprint density at radius 1 is 1.12 bits per heavy atom. The summed E-state index contributed by atoms with van der Waals surface area (Å²) < 4.78 is 5.37. The third-order valence-electron chi connectivity index (χ3n) is 4.76. The van der Waals surface area contributed by atoms with Crippen LogP contribution < -0.4 is 10.1 Å². The van der Waals surface area contributed by atoms with Crippen LogP contribution in [-0.4, -0.2) is 42.2 Å². The van der Waals surface area contributed by atoms with E-state index in [-0.39, 0.29) is 0 Å². The van der Waals surface area contributed by atoms with E-state index in [1.165, 1.54) is 13.0 Å². The molecule has 0 spiro atoms. The first-order valence-electron chi connectivity index (χ1n) is 9.84. The van der Waals surface area contributed by atoms with Crippen molar-refractivity contribution in [3.05, 3.63) is 30.5 Å². The third kappa shape index (κ3) is 5.87. The van der Waals surface area contributed by atoms with Crippen LogP contribution in [0.4, 0.5) is 5.69 Å². The number of ether oxygens (including phenoxy) is 1. The number of hydrogen-bond donors (Lipinski definition) is 1. The van der Waals surface area contributed by atoms with Gasteiger partial charge in [-0.2, -0.15) is 0 Å². The molecule has 0 saturated heterocycles. The van der Waals surface area contributed by atoms with Crippen molar-refractivity contribution in [3.63, 3.8) is 0 Å². The van der Waals surface area contributed by atoms with Crippen LogP contribution >= 0.6 is 0 Å². The van der Waals surface area contributed by atoms with Gasteiger partial charge in [-0.3, -0.25) is 4.98 Å². The van der Waals surface area contributed by atoms with Gasteiger partial charge in [-0.1, -0.05) is 13.8 Å². The number of nitrogens with zero attached hydrogens (tertiary/aromatic N) is 2. The van der Waals surface area contributed by atoms with Crippen LogP contribution in [-0.2, 0) is 0 Å². The lowest BCUT2D eigenvalue weighted by molar-refractivity contribution is 0.193. The highest BCUT2D eigenvalue weighted by Gasteiger charge is 2.12. The number of methoxy groups -OCH3 is 1. The second kappa shape index (κ2) is 9.77. The van der Waals surface area contributed by atoms with E-state index in [1.807, 2.05) is 18.3 Å². The summed E-state index contributed by atoms with van der Waals surface area (Å²) in [5, 5.41) is 4.78. The molecule has 1 aromatic heterocycles. The Morgan fingerprint density at radius 2 is 1.88 bits per heavy atom. The summed E-state index contributed by atoms with van der Waals surface area (Å²) in [5.74, 6) is 1.58. The second-order valence-corrected chi connectivity index (χ2v) is 7.91. The highest BCUT2D eigenvalue weighted by molar-refractivity contribution is 5.92. The zero-order chi connectivity index (χ0) is 19.1. The fourth-order valence-corrected chi connectivity index (χ4v) is 3.35. The van der Waals surface area contributed by atoms with Gasteiger partial charge in [0.15, 0.2) is 0 Å². The maximum absolute atomic E-state index is 5.37. The first-order valence-corrected chi connectivity index (χ1v) is 9.84. The molecule has 0 aliphatic rings. The van der Waals surface area contributed by atoms with Crippen molar-refractivity contribution in [2.75, 3.05) is 25.5 Å². The number of anilines is 1. The first-order chi connectivity index (χ1) is 12.4. The molecule has 0 radical (unpaired) electrons. The van der Waals surface area contributed by atoms with Gasteiger partial charge in [0.25, 0.3) is 0 Å². The number of rotatable bonds is 10. The summed E-state index contributed by atoms with van der Waals surface area (Å²) in [6.45, 7) is 13.8. The minimum Gasteiger partial charge on any atom is -0.497 e. The van der Waals surface area contributed by atoms with E-state index in [1.54, 1.807) is 7.11 Å². The molecule has 144 valence electrons. The molecule has 0 aliphatic carbocycles. The molecule has 1 aromatic carbocycles. The maximum atomic E-state index is 5.37. The van der Waals surface area contributed by atoms with Gasteiger partial charge in [-0.25, -0.2) is 0 Å². The number of hydrogen-bond acceptors (Lipinski definition) is 4. The Hall–Kier alpha value is -1.81. The second-order valence-electron chi connectivity index (χ2n) is 7.91. The van der Waals surface area contributed by atoms with Crippen molar-refractivity contribution in [3.8, 4) is 5.75 Å². The molecule has 0 bridgehead atoms. The molecule has 1 N–H and O–H groups in total. The van der Waals surface area contributed by atoms with Crippen LogP contribution in [0.2, 0.25) is 0 Å². The van der Waals surface area contributed by atoms with E-state index in [4.69, 9.17) is 4.74 Å². The zero-order valence-corrected chi connectivity index (χ0v) is 17.2. The van der Waals surface area contributed by atoms with Gasteiger partial charge >= 0.3 is 0 Å². The lowest BCUT2D eigenvalue weighted by atomic mass is 10.1. The Balaban J connectivity index is 1.95. The fraction of sp³-hybridized carbons (Fsp3) is 0.591. The topological polar surface area (TPSA) is 37.4 Å². The van der Waals surface area contributed by atoms with Gasteiger partial charge < -0.3 is 15.0 Å². The van der Waals surface area contributed by atoms with Gasteiger partial charge in [-0.15, -0.1) is 0 Å². The van der Waals surface area contributed by atoms with Crippen molar-refractivity contribution in [1.29, 1.82) is 0 Å². The molecule has 1 atom stereocenters. The predicted octanol–water partition coefficient (Wildman–Crippen LogP) is 5.19. The molecule has 2 aromatic rings. The standard InChI is InChI=1S/C22H35N3O/c1-16(2)15-25(17(3)4)13-7-8-18(5)24-22-11-12-23-21-10-9-19(26-6)14-20(21)22/h9-12,14,16-18H,7-8,13,15H2,1-6H3,(H,23,24). The molecule has 26 heavy (non-hydrogen) atoms. The van der Waals surface area contributed by atoms with Gasteiger partial charge in [0.1, 0.15) is 5.75 Å².